The first-order valence-electron chi connectivity index (χ1n) is 9.40. The first kappa shape index (κ1) is 23.6. The fourth-order valence-corrected chi connectivity index (χ4v) is 4.54. The molecule has 2 aromatic rings. The molecule has 0 spiro atoms. The van der Waals surface area contributed by atoms with E-state index in [1.807, 2.05) is 0 Å². The van der Waals surface area contributed by atoms with Crippen LogP contribution >= 0.6 is 11.6 Å². The second kappa shape index (κ2) is 9.86. The van der Waals surface area contributed by atoms with Crippen LogP contribution in [0, 0.1) is 0 Å². The average Bonchev–Trinajstić information content (AvgIpc) is 2.64. The lowest BCUT2D eigenvalue weighted by molar-refractivity contribution is -0.127. The lowest BCUT2D eigenvalue weighted by Crippen LogP contribution is -2.49. The molecule has 1 aliphatic rings. The predicted molar refractivity (Wildman–Crippen MR) is 113 cm³/mol. The van der Waals surface area contributed by atoms with Crippen molar-refractivity contribution in [2.24, 2.45) is 5.73 Å². The first-order valence-corrected chi connectivity index (χ1v) is 11.2. The normalized spacial score (nSPS) is 21.3. The first-order chi connectivity index (χ1) is 13.5. The van der Waals surface area contributed by atoms with Gasteiger partial charge in [-0.25, -0.2) is 0 Å². The molecule has 0 saturated carbocycles. The van der Waals surface area contributed by atoms with E-state index in [1.165, 1.54) is 18.6 Å². The van der Waals surface area contributed by atoms with Crippen LogP contribution in [0.1, 0.15) is 33.1 Å². The number of halogens is 1. The summed E-state index contributed by atoms with van der Waals surface area (Å²) in [5, 5.41) is 10.9. The zero-order valence-corrected chi connectivity index (χ0v) is 18.0. The topological polar surface area (TPSA) is 121 Å². The van der Waals surface area contributed by atoms with Crippen molar-refractivity contribution in [2.45, 2.75) is 56.2 Å². The number of piperidine rings is 1. The van der Waals surface area contributed by atoms with Gasteiger partial charge in [0.25, 0.3) is 10.1 Å². The Hall–Kier alpha value is -1.71. The van der Waals surface area contributed by atoms with Crippen LogP contribution in [-0.4, -0.2) is 53.6 Å². The van der Waals surface area contributed by atoms with Gasteiger partial charge in [0.2, 0.25) is 5.91 Å². The van der Waals surface area contributed by atoms with Crippen molar-refractivity contribution in [3.63, 3.8) is 0 Å². The number of β-amino-alcohol motifs (C(OH)–C–C–N with tert-alkyl or cyclic N) is 1. The smallest absolute Gasteiger partial charge is 0.295 e. The number of carbonyl (C=O) groups excluding carboxylic acids is 1. The van der Waals surface area contributed by atoms with Crippen LogP contribution in [0.15, 0.2) is 41.3 Å². The maximum Gasteiger partial charge on any atom is 0.295 e. The van der Waals surface area contributed by atoms with E-state index in [-0.39, 0.29) is 4.90 Å². The van der Waals surface area contributed by atoms with E-state index in [1.54, 1.807) is 24.3 Å². The molecule has 4 N–H and O–H groups in total. The molecule has 0 aliphatic carbocycles. The molecule has 0 radical (unpaired) electrons. The number of likely N-dealkylation sites (tertiary alicyclic amines) is 1. The van der Waals surface area contributed by atoms with Gasteiger partial charge < -0.3 is 10.8 Å². The largest absolute Gasteiger partial charge is 0.382 e. The van der Waals surface area contributed by atoms with Crippen LogP contribution in [-0.2, 0) is 14.9 Å². The fourth-order valence-electron chi connectivity index (χ4n) is 3.59. The molecule has 0 aromatic heterocycles. The number of rotatable bonds is 4. The molecule has 0 bridgehead atoms. The van der Waals surface area contributed by atoms with Crippen molar-refractivity contribution in [1.29, 1.82) is 0 Å². The summed E-state index contributed by atoms with van der Waals surface area (Å²) >= 11 is 5.90. The SMILES string of the molecule is C[C@@H]1CCC[C@H](C)N1C[C@@H](O)C(N)=O.O=S(=O)(O)c1cccc2c(Cl)cccc12. The third-order valence-electron chi connectivity index (χ3n) is 5.20. The molecule has 9 heteroatoms. The minimum atomic E-state index is -4.20. The van der Waals surface area contributed by atoms with Gasteiger partial charge >= 0.3 is 0 Å². The quantitative estimate of drug-likeness (QED) is 0.626. The highest BCUT2D eigenvalue weighted by Gasteiger charge is 2.27. The van der Waals surface area contributed by atoms with E-state index in [4.69, 9.17) is 21.9 Å². The molecule has 3 rings (SSSR count). The summed E-state index contributed by atoms with van der Waals surface area (Å²) in [6, 6.07) is 10.4. The van der Waals surface area contributed by atoms with E-state index in [0.29, 0.717) is 34.4 Å². The average molecular weight is 443 g/mol. The highest BCUT2D eigenvalue weighted by Crippen LogP contribution is 2.28. The zero-order valence-electron chi connectivity index (χ0n) is 16.5. The Labute approximate surface area is 176 Å². The molecule has 1 fully saturated rings. The van der Waals surface area contributed by atoms with E-state index in [0.717, 1.165) is 12.8 Å². The summed E-state index contributed by atoms with van der Waals surface area (Å²) in [7, 11) is -4.20. The molecular weight excluding hydrogens is 416 g/mol. The van der Waals surface area contributed by atoms with Gasteiger partial charge in [-0.1, -0.05) is 42.3 Å². The van der Waals surface area contributed by atoms with Crippen molar-refractivity contribution >= 4 is 38.4 Å². The summed E-state index contributed by atoms with van der Waals surface area (Å²) in [4.78, 5) is 12.8. The summed E-state index contributed by atoms with van der Waals surface area (Å²) in [5.74, 6) is -0.630. The lowest BCUT2D eigenvalue weighted by Gasteiger charge is -2.39. The standard InChI is InChI=1S/C10H7ClO3S.C10H20N2O2/c11-9-5-1-4-8-7(9)3-2-6-10(8)15(12,13)14;1-7-4-3-5-8(2)12(7)6-9(13)10(11)14/h1-6H,(H,12,13,14);7-9,13H,3-6H2,1-2H3,(H2,11,14)/t;7-,8+,9-/m.1/s1. The number of hydrogen-bond acceptors (Lipinski definition) is 5. The molecule has 7 nitrogen and oxygen atoms in total. The number of nitrogens with zero attached hydrogens (tertiary/aromatic N) is 1. The number of fused-ring (bicyclic) bond motifs is 1. The molecule has 1 aliphatic heterocycles. The molecule has 1 saturated heterocycles. The van der Waals surface area contributed by atoms with Crippen molar-refractivity contribution in [3.05, 3.63) is 41.4 Å². The van der Waals surface area contributed by atoms with Crippen LogP contribution in [0.25, 0.3) is 10.8 Å². The number of amides is 1. The highest BCUT2D eigenvalue weighted by atomic mass is 35.5. The highest BCUT2D eigenvalue weighted by molar-refractivity contribution is 7.86. The second-order valence-corrected chi connectivity index (χ2v) is 9.11. The van der Waals surface area contributed by atoms with Crippen LogP contribution in [0.5, 0.6) is 0 Å². The fraction of sp³-hybridized carbons (Fsp3) is 0.450. The molecule has 29 heavy (non-hydrogen) atoms. The van der Waals surface area contributed by atoms with Crippen molar-refractivity contribution in [2.75, 3.05) is 6.54 Å². The molecular formula is C20H27ClN2O5S. The number of hydrogen-bond donors (Lipinski definition) is 3. The molecule has 2 aromatic carbocycles. The van der Waals surface area contributed by atoms with Gasteiger partial charge in [-0.15, -0.1) is 0 Å². The summed E-state index contributed by atoms with van der Waals surface area (Å²) in [5.41, 5.74) is 5.03. The second-order valence-electron chi connectivity index (χ2n) is 7.31. The lowest BCUT2D eigenvalue weighted by atomic mass is 9.97. The minimum Gasteiger partial charge on any atom is -0.382 e. The van der Waals surface area contributed by atoms with Crippen molar-refractivity contribution in [3.8, 4) is 0 Å². The number of carbonyl (C=O) groups is 1. The van der Waals surface area contributed by atoms with Gasteiger partial charge in [-0.3, -0.25) is 14.2 Å². The Morgan fingerprint density at radius 3 is 2.28 bits per heavy atom. The Balaban J connectivity index is 0.000000208. The Bertz CT molecular complexity index is 956. The van der Waals surface area contributed by atoms with E-state index < -0.39 is 22.1 Å². The number of primary amides is 1. The monoisotopic (exact) mass is 442 g/mol. The maximum absolute atomic E-state index is 11.1. The number of aliphatic hydroxyl groups is 1. The van der Waals surface area contributed by atoms with E-state index >= 15 is 0 Å². The van der Waals surface area contributed by atoms with Crippen molar-refractivity contribution < 1.29 is 22.9 Å². The molecule has 1 amide bonds. The number of nitrogens with two attached hydrogens (primary N) is 1. The van der Waals surface area contributed by atoms with Gasteiger partial charge in [0.15, 0.2) is 0 Å². The van der Waals surface area contributed by atoms with Crippen LogP contribution in [0.3, 0.4) is 0 Å². The van der Waals surface area contributed by atoms with Crippen LogP contribution in [0.2, 0.25) is 5.02 Å². The third-order valence-corrected chi connectivity index (χ3v) is 6.44. The predicted octanol–water partition coefficient (Wildman–Crippen LogP) is 2.84. The van der Waals surface area contributed by atoms with Crippen LogP contribution in [0.4, 0.5) is 0 Å². The van der Waals surface area contributed by atoms with Crippen LogP contribution < -0.4 is 5.73 Å². The molecule has 3 atom stereocenters. The molecule has 1 heterocycles. The van der Waals surface area contributed by atoms with Gasteiger partial charge in [0, 0.05) is 34.4 Å². The Morgan fingerprint density at radius 1 is 1.17 bits per heavy atom. The summed E-state index contributed by atoms with van der Waals surface area (Å²) in [6.45, 7) is 4.63. The van der Waals surface area contributed by atoms with E-state index in [9.17, 15) is 18.3 Å². The van der Waals surface area contributed by atoms with Crippen molar-refractivity contribution in [1.82, 2.24) is 4.90 Å². The third kappa shape index (κ3) is 6.13. The van der Waals surface area contributed by atoms with Gasteiger partial charge in [0.1, 0.15) is 11.0 Å². The maximum atomic E-state index is 11.1. The summed E-state index contributed by atoms with van der Waals surface area (Å²) < 4.78 is 31.1. The summed E-state index contributed by atoms with van der Waals surface area (Å²) in [6.07, 6.45) is 2.47. The number of aliphatic hydroxyl groups excluding tert-OH is 1. The van der Waals surface area contributed by atoms with Gasteiger partial charge in [-0.2, -0.15) is 8.42 Å². The molecule has 0 unspecified atom stereocenters. The minimum absolute atomic E-state index is 0.123. The van der Waals surface area contributed by atoms with Gasteiger partial charge in [-0.05, 0) is 38.8 Å². The Kier molecular flexibility index (Phi) is 8.02. The van der Waals surface area contributed by atoms with Gasteiger partial charge in [0.05, 0.1) is 0 Å². The zero-order chi connectivity index (χ0) is 21.8. The number of benzene rings is 2. The van der Waals surface area contributed by atoms with E-state index in [2.05, 4.69) is 18.7 Å². The molecule has 160 valence electrons. The Morgan fingerprint density at radius 2 is 1.72 bits per heavy atom.